The minimum Gasteiger partial charge on any atom is -0.264 e. The maximum Gasteiger partial charge on any atom is 0.184 e. The molecule has 1 aromatic carbocycles. The number of halogens is 1. The number of thiazole rings is 1. The molecule has 2 heterocycles. The third-order valence-electron chi connectivity index (χ3n) is 2.57. The van der Waals surface area contributed by atoms with Crippen LogP contribution in [0.4, 0.5) is 0 Å². The summed E-state index contributed by atoms with van der Waals surface area (Å²) in [4.78, 5) is 9.61. The molecule has 3 aromatic rings. The van der Waals surface area contributed by atoms with E-state index in [2.05, 4.69) is 22.1 Å². The average molecular weight is 273 g/mol. The Balaban J connectivity index is 2.17. The first-order chi connectivity index (χ1) is 8.84. The van der Waals surface area contributed by atoms with Crippen LogP contribution in [0.3, 0.4) is 0 Å². The lowest BCUT2D eigenvalue weighted by atomic mass is 10.1. The minimum absolute atomic E-state index is 0.549. The standard InChI is InChI=1S/C14H9ClN2S/c15-14-17-12(11-7-4-8-16-9-11)13(18-14)10-5-2-1-3-6-10/h1-9H. The summed E-state index contributed by atoms with van der Waals surface area (Å²) in [6, 6.07) is 14.0. The van der Waals surface area contributed by atoms with Crippen LogP contribution in [0.5, 0.6) is 0 Å². The molecule has 4 heteroatoms. The largest absolute Gasteiger partial charge is 0.264 e. The summed E-state index contributed by atoms with van der Waals surface area (Å²) in [7, 11) is 0. The Morgan fingerprint density at radius 1 is 0.944 bits per heavy atom. The summed E-state index contributed by atoms with van der Waals surface area (Å²) >= 11 is 7.54. The molecule has 0 fully saturated rings. The Labute approximate surface area is 114 Å². The Morgan fingerprint density at radius 3 is 2.44 bits per heavy atom. The third kappa shape index (κ3) is 2.15. The summed E-state index contributed by atoms with van der Waals surface area (Å²) in [5.41, 5.74) is 3.00. The fourth-order valence-corrected chi connectivity index (χ4v) is 2.91. The van der Waals surface area contributed by atoms with Crippen LogP contribution in [0, 0.1) is 0 Å². The molecule has 3 rings (SSSR count). The van der Waals surface area contributed by atoms with Crippen LogP contribution >= 0.6 is 22.9 Å². The molecule has 88 valence electrons. The molecule has 0 aliphatic heterocycles. The van der Waals surface area contributed by atoms with Crippen LogP contribution in [0.1, 0.15) is 0 Å². The first-order valence-electron chi connectivity index (χ1n) is 5.47. The number of pyridine rings is 1. The summed E-state index contributed by atoms with van der Waals surface area (Å²) in [5, 5.41) is 0. The second kappa shape index (κ2) is 4.88. The van der Waals surface area contributed by atoms with Gasteiger partial charge in [0.05, 0.1) is 10.6 Å². The van der Waals surface area contributed by atoms with Crippen molar-refractivity contribution < 1.29 is 0 Å². The number of hydrogen-bond donors (Lipinski definition) is 0. The highest BCUT2D eigenvalue weighted by Crippen LogP contribution is 2.38. The van der Waals surface area contributed by atoms with E-state index in [0.717, 1.165) is 21.7 Å². The molecule has 0 aliphatic carbocycles. The lowest BCUT2D eigenvalue weighted by molar-refractivity contribution is 1.31. The van der Waals surface area contributed by atoms with Gasteiger partial charge in [0.25, 0.3) is 0 Å². The first-order valence-corrected chi connectivity index (χ1v) is 6.66. The Kier molecular flexibility index (Phi) is 3.09. The van der Waals surface area contributed by atoms with E-state index in [9.17, 15) is 0 Å². The van der Waals surface area contributed by atoms with Gasteiger partial charge in [0.2, 0.25) is 0 Å². The average Bonchev–Trinajstić information content (AvgIpc) is 2.83. The van der Waals surface area contributed by atoms with E-state index in [4.69, 9.17) is 11.6 Å². The van der Waals surface area contributed by atoms with Crippen molar-refractivity contribution in [1.29, 1.82) is 0 Å². The fraction of sp³-hybridized carbons (Fsp3) is 0. The Hall–Kier alpha value is -1.71. The van der Waals surface area contributed by atoms with E-state index in [-0.39, 0.29) is 0 Å². The second-order valence-electron chi connectivity index (χ2n) is 3.75. The number of benzene rings is 1. The van der Waals surface area contributed by atoms with Crippen molar-refractivity contribution in [1.82, 2.24) is 9.97 Å². The van der Waals surface area contributed by atoms with E-state index in [0.29, 0.717) is 4.47 Å². The van der Waals surface area contributed by atoms with E-state index < -0.39 is 0 Å². The lowest BCUT2D eigenvalue weighted by Crippen LogP contribution is -1.82. The molecule has 0 N–H and O–H groups in total. The number of aromatic nitrogens is 2. The van der Waals surface area contributed by atoms with Crippen molar-refractivity contribution in [3.8, 4) is 21.7 Å². The quantitative estimate of drug-likeness (QED) is 0.685. The van der Waals surface area contributed by atoms with E-state index in [1.54, 1.807) is 12.4 Å². The van der Waals surface area contributed by atoms with Crippen molar-refractivity contribution in [2.75, 3.05) is 0 Å². The van der Waals surface area contributed by atoms with Gasteiger partial charge >= 0.3 is 0 Å². The summed E-state index contributed by atoms with van der Waals surface area (Å²) in [5.74, 6) is 0. The van der Waals surface area contributed by atoms with Gasteiger partial charge in [0, 0.05) is 18.0 Å². The van der Waals surface area contributed by atoms with E-state index >= 15 is 0 Å². The van der Waals surface area contributed by atoms with Gasteiger partial charge in [0.1, 0.15) is 0 Å². The molecule has 2 nitrogen and oxygen atoms in total. The minimum atomic E-state index is 0.549. The molecule has 0 spiro atoms. The van der Waals surface area contributed by atoms with Gasteiger partial charge in [-0.1, -0.05) is 41.9 Å². The molecule has 0 amide bonds. The molecular formula is C14H9ClN2S. The van der Waals surface area contributed by atoms with Crippen LogP contribution in [0.15, 0.2) is 54.9 Å². The van der Waals surface area contributed by atoms with Crippen LogP contribution in [0.25, 0.3) is 21.7 Å². The predicted molar refractivity (Wildman–Crippen MR) is 75.8 cm³/mol. The highest BCUT2D eigenvalue weighted by atomic mass is 35.5. The van der Waals surface area contributed by atoms with Gasteiger partial charge in [-0.25, -0.2) is 4.98 Å². The lowest BCUT2D eigenvalue weighted by Gasteiger charge is -2.01. The van der Waals surface area contributed by atoms with Gasteiger partial charge in [0.15, 0.2) is 4.47 Å². The zero-order chi connectivity index (χ0) is 12.4. The monoisotopic (exact) mass is 272 g/mol. The molecule has 2 aromatic heterocycles. The number of rotatable bonds is 2. The Bertz CT molecular complexity index is 593. The van der Waals surface area contributed by atoms with Crippen molar-refractivity contribution in [3.05, 3.63) is 59.3 Å². The maximum absolute atomic E-state index is 6.05. The Morgan fingerprint density at radius 2 is 1.72 bits per heavy atom. The van der Waals surface area contributed by atoms with Gasteiger partial charge in [-0.05, 0) is 17.7 Å². The molecule has 0 atom stereocenters. The zero-order valence-electron chi connectivity index (χ0n) is 9.38. The SMILES string of the molecule is Clc1nc(-c2cccnc2)c(-c2ccccc2)s1. The van der Waals surface area contributed by atoms with Crippen LogP contribution in [0.2, 0.25) is 4.47 Å². The summed E-state index contributed by atoms with van der Waals surface area (Å²) in [6.07, 6.45) is 3.55. The van der Waals surface area contributed by atoms with Gasteiger partial charge in [-0.2, -0.15) is 0 Å². The second-order valence-corrected chi connectivity index (χ2v) is 5.33. The van der Waals surface area contributed by atoms with E-state index in [1.165, 1.54) is 11.3 Å². The molecule has 0 unspecified atom stereocenters. The molecule has 18 heavy (non-hydrogen) atoms. The van der Waals surface area contributed by atoms with Crippen molar-refractivity contribution in [3.63, 3.8) is 0 Å². The van der Waals surface area contributed by atoms with Gasteiger partial charge in [-0.3, -0.25) is 4.98 Å². The number of nitrogens with zero attached hydrogens (tertiary/aromatic N) is 2. The van der Waals surface area contributed by atoms with Crippen LogP contribution in [-0.2, 0) is 0 Å². The highest BCUT2D eigenvalue weighted by Gasteiger charge is 2.13. The topological polar surface area (TPSA) is 25.8 Å². The predicted octanol–water partition coefficient (Wildman–Crippen LogP) is 4.53. The van der Waals surface area contributed by atoms with Gasteiger partial charge < -0.3 is 0 Å². The fourth-order valence-electron chi connectivity index (χ4n) is 1.78. The molecule has 0 saturated carbocycles. The molecule has 0 radical (unpaired) electrons. The van der Waals surface area contributed by atoms with Crippen molar-refractivity contribution >= 4 is 22.9 Å². The van der Waals surface area contributed by atoms with E-state index in [1.807, 2.05) is 30.3 Å². The maximum atomic E-state index is 6.05. The molecule has 0 bridgehead atoms. The van der Waals surface area contributed by atoms with Crippen molar-refractivity contribution in [2.24, 2.45) is 0 Å². The molecular weight excluding hydrogens is 264 g/mol. The van der Waals surface area contributed by atoms with Crippen LogP contribution < -0.4 is 0 Å². The van der Waals surface area contributed by atoms with Gasteiger partial charge in [-0.15, -0.1) is 11.3 Å². The molecule has 0 saturated heterocycles. The first kappa shape index (κ1) is 11.4. The van der Waals surface area contributed by atoms with Crippen molar-refractivity contribution in [2.45, 2.75) is 0 Å². The molecule has 0 aliphatic rings. The number of hydrogen-bond acceptors (Lipinski definition) is 3. The zero-order valence-corrected chi connectivity index (χ0v) is 10.9. The highest BCUT2D eigenvalue weighted by molar-refractivity contribution is 7.19. The summed E-state index contributed by atoms with van der Waals surface area (Å²) < 4.78 is 0.549. The normalized spacial score (nSPS) is 10.5. The summed E-state index contributed by atoms with van der Waals surface area (Å²) in [6.45, 7) is 0. The third-order valence-corrected chi connectivity index (χ3v) is 3.78. The van der Waals surface area contributed by atoms with Crippen LogP contribution in [-0.4, -0.2) is 9.97 Å². The smallest absolute Gasteiger partial charge is 0.184 e.